The largest absolute Gasteiger partial charge is 0.378 e. The number of amidine groups is 1. The molecule has 196 valence electrons. The van der Waals surface area contributed by atoms with Crippen LogP contribution in [0.4, 0.5) is 5.69 Å². The van der Waals surface area contributed by atoms with Crippen LogP contribution in [-0.2, 0) is 20.0 Å². The molecule has 1 unspecified atom stereocenters. The van der Waals surface area contributed by atoms with Gasteiger partial charge in [0.1, 0.15) is 12.0 Å². The van der Waals surface area contributed by atoms with Gasteiger partial charge in [-0.3, -0.25) is 0 Å². The zero-order valence-corrected chi connectivity index (χ0v) is 23.3. The first-order chi connectivity index (χ1) is 17.4. The standard InChI is InChI=1S/C27H32N4O4S2/c1-20-6-14-25(15-7-20)36(32,33)28-22(3)30-18-19-31(37(34,35)26-16-8-21(2)9-17-26)27(30)23-10-12-24(13-11-23)29(4)5/h6-17,27H,18-19H2,1-5H3/b28-22-. The van der Waals surface area contributed by atoms with Crippen molar-refractivity contribution >= 4 is 31.6 Å². The molecule has 1 fully saturated rings. The fraction of sp³-hybridized carbons (Fsp3) is 0.296. The first-order valence-electron chi connectivity index (χ1n) is 11.9. The maximum absolute atomic E-state index is 13.7. The molecular weight excluding hydrogens is 508 g/mol. The third-order valence-electron chi connectivity index (χ3n) is 6.45. The molecule has 1 atom stereocenters. The summed E-state index contributed by atoms with van der Waals surface area (Å²) in [6.07, 6.45) is -0.750. The van der Waals surface area contributed by atoms with E-state index in [1.807, 2.05) is 57.1 Å². The lowest BCUT2D eigenvalue weighted by Crippen LogP contribution is -2.37. The van der Waals surface area contributed by atoms with Gasteiger partial charge in [0.15, 0.2) is 0 Å². The zero-order valence-electron chi connectivity index (χ0n) is 21.7. The molecule has 1 aliphatic heterocycles. The third-order valence-corrected chi connectivity index (χ3v) is 9.69. The van der Waals surface area contributed by atoms with Crippen LogP contribution >= 0.6 is 0 Å². The van der Waals surface area contributed by atoms with Crippen molar-refractivity contribution in [2.75, 3.05) is 32.1 Å². The van der Waals surface area contributed by atoms with Gasteiger partial charge in [-0.15, -0.1) is 4.40 Å². The van der Waals surface area contributed by atoms with E-state index in [2.05, 4.69) is 4.40 Å². The van der Waals surface area contributed by atoms with Gasteiger partial charge < -0.3 is 9.80 Å². The molecule has 1 aliphatic rings. The van der Waals surface area contributed by atoms with Gasteiger partial charge >= 0.3 is 0 Å². The number of benzene rings is 3. The highest BCUT2D eigenvalue weighted by atomic mass is 32.2. The average Bonchev–Trinajstić information content (AvgIpc) is 3.31. The molecule has 10 heteroatoms. The van der Waals surface area contributed by atoms with E-state index in [9.17, 15) is 16.8 Å². The Hall–Kier alpha value is -3.21. The van der Waals surface area contributed by atoms with Crippen molar-refractivity contribution in [3.63, 3.8) is 0 Å². The Morgan fingerprint density at radius 2 is 1.30 bits per heavy atom. The number of nitrogens with zero attached hydrogens (tertiary/aromatic N) is 4. The van der Waals surface area contributed by atoms with E-state index in [4.69, 9.17) is 0 Å². The Morgan fingerprint density at radius 3 is 1.81 bits per heavy atom. The Morgan fingerprint density at radius 1 is 0.784 bits per heavy atom. The Balaban J connectivity index is 1.77. The molecular formula is C27H32N4O4S2. The maximum Gasteiger partial charge on any atom is 0.283 e. The monoisotopic (exact) mass is 540 g/mol. The summed E-state index contributed by atoms with van der Waals surface area (Å²) in [6, 6.07) is 20.8. The minimum Gasteiger partial charge on any atom is -0.378 e. The molecule has 8 nitrogen and oxygen atoms in total. The minimum atomic E-state index is -3.98. The van der Waals surface area contributed by atoms with Crippen molar-refractivity contribution in [2.45, 2.75) is 36.7 Å². The van der Waals surface area contributed by atoms with Crippen LogP contribution in [0.15, 0.2) is 87.0 Å². The Kier molecular flexibility index (Phi) is 7.45. The number of aryl methyl sites for hydroxylation is 2. The molecule has 0 amide bonds. The maximum atomic E-state index is 13.7. The summed E-state index contributed by atoms with van der Waals surface area (Å²) in [7, 11) is -3.99. The molecule has 3 aromatic carbocycles. The molecule has 1 heterocycles. The van der Waals surface area contributed by atoms with Crippen LogP contribution in [0.5, 0.6) is 0 Å². The van der Waals surface area contributed by atoms with Gasteiger partial charge in [-0.05, 0) is 62.7 Å². The summed E-state index contributed by atoms with van der Waals surface area (Å²) < 4.78 is 59.1. The van der Waals surface area contributed by atoms with Gasteiger partial charge in [-0.25, -0.2) is 8.42 Å². The average molecular weight is 541 g/mol. The summed E-state index contributed by atoms with van der Waals surface area (Å²) in [4.78, 5) is 3.98. The summed E-state index contributed by atoms with van der Waals surface area (Å²) in [5.74, 6) is 0.226. The quantitative estimate of drug-likeness (QED) is 0.344. The fourth-order valence-corrected chi connectivity index (χ4v) is 6.93. The number of hydrogen-bond donors (Lipinski definition) is 0. The lowest BCUT2D eigenvalue weighted by molar-refractivity contribution is 0.284. The minimum absolute atomic E-state index is 0.0904. The normalized spacial score (nSPS) is 17.3. The molecule has 1 saturated heterocycles. The first kappa shape index (κ1) is 26.8. The van der Waals surface area contributed by atoms with Crippen LogP contribution in [-0.4, -0.2) is 59.1 Å². The first-order valence-corrected chi connectivity index (χ1v) is 14.8. The number of anilines is 1. The molecule has 0 aliphatic carbocycles. The highest BCUT2D eigenvalue weighted by Crippen LogP contribution is 2.36. The van der Waals surface area contributed by atoms with E-state index in [-0.39, 0.29) is 22.2 Å². The van der Waals surface area contributed by atoms with Crippen LogP contribution in [0, 0.1) is 13.8 Å². The second kappa shape index (κ2) is 10.3. The van der Waals surface area contributed by atoms with Gasteiger partial charge in [0.2, 0.25) is 10.0 Å². The summed E-state index contributed by atoms with van der Waals surface area (Å²) in [6.45, 7) is 5.87. The van der Waals surface area contributed by atoms with E-state index in [0.717, 1.165) is 22.4 Å². The second-order valence-corrected chi connectivity index (χ2v) is 12.9. The van der Waals surface area contributed by atoms with Crippen LogP contribution in [0.25, 0.3) is 0 Å². The van der Waals surface area contributed by atoms with Crippen LogP contribution in [0.1, 0.15) is 29.8 Å². The smallest absolute Gasteiger partial charge is 0.283 e. The molecule has 37 heavy (non-hydrogen) atoms. The molecule has 0 aromatic heterocycles. The van der Waals surface area contributed by atoms with Crippen LogP contribution < -0.4 is 4.90 Å². The highest BCUT2D eigenvalue weighted by molar-refractivity contribution is 7.90. The van der Waals surface area contributed by atoms with E-state index < -0.39 is 26.2 Å². The van der Waals surface area contributed by atoms with E-state index in [0.29, 0.717) is 6.54 Å². The predicted molar refractivity (Wildman–Crippen MR) is 147 cm³/mol. The van der Waals surface area contributed by atoms with E-state index >= 15 is 0 Å². The van der Waals surface area contributed by atoms with Gasteiger partial charge in [0.05, 0.1) is 9.79 Å². The van der Waals surface area contributed by atoms with Crippen molar-refractivity contribution in [1.82, 2.24) is 9.21 Å². The Labute approximate surface area is 220 Å². The van der Waals surface area contributed by atoms with Crippen molar-refractivity contribution in [1.29, 1.82) is 0 Å². The molecule has 0 saturated carbocycles. The Bertz CT molecular complexity index is 1500. The fourth-order valence-electron chi connectivity index (χ4n) is 4.32. The predicted octanol–water partition coefficient (Wildman–Crippen LogP) is 4.18. The molecule has 0 spiro atoms. The van der Waals surface area contributed by atoms with Crippen LogP contribution in [0.2, 0.25) is 0 Å². The van der Waals surface area contributed by atoms with Gasteiger partial charge in [-0.2, -0.15) is 12.7 Å². The number of rotatable bonds is 6. The van der Waals surface area contributed by atoms with E-state index in [1.54, 1.807) is 48.2 Å². The van der Waals surface area contributed by atoms with Crippen molar-refractivity contribution < 1.29 is 16.8 Å². The zero-order chi connectivity index (χ0) is 27.0. The van der Waals surface area contributed by atoms with Crippen molar-refractivity contribution in [3.05, 3.63) is 89.5 Å². The summed E-state index contributed by atoms with van der Waals surface area (Å²) in [5.41, 5.74) is 3.59. The van der Waals surface area contributed by atoms with Gasteiger partial charge in [0.25, 0.3) is 10.0 Å². The number of hydrogen-bond acceptors (Lipinski definition) is 5. The molecule has 0 N–H and O–H groups in total. The van der Waals surface area contributed by atoms with E-state index in [1.165, 1.54) is 16.4 Å². The van der Waals surface area contributed by atoms with Gasteiger partial charge in [-0.1, -0.05) is 47.5 Å². The lowest BCUT2D eigenvalue weighted by atomic mass is 10.1. The third kappa shape index (κ3) is 5.56. The summed E-state index contributed by atoms with van der Waals surface area (Å²) in [5, 5.41) is 0. The van der Waals surface area contributed by atoms with Crippen molar-refractivity contribution in [2.24, 2.45) is 4.40 Å². The molecule has 4 rings (SSSR count). The molecule has 0 bridgehead atoms. The molecule has 3 aromatic rings. The second-order valence-electron chi connectivity index (χ2n) is 9.41. The molecule has 0 radical (unpaired) electrons. The topological polar surface area (TPSA) is 90.4 Å². The summed E-state index contributed by atoms with van der Waals surface area (Å²) >= 11 is 0. The van der Waals surface area contributed by atoms with Crippen molar-refractivity contribution in [3.8, 4) is 0 Å². The lowest BCUT2D eigenvalue weighted by Gasteiger charge is -2.31. The number of sulfonamides is 2. The highest BCUT2D eigenvalue weighted by Gasteiger charge is 2.42. The van der Waals surface area contributed by atoms with Crippen LogP contribution in [0.3, 0.4) is 0 Å². The van der Waals surface area contributed by atoms with Gasteiger partial charge in [0, 0.05) is 32.9 Å². The SMILES string of the molecule is C/C(=N/S(=O)(=O)c1ccc(C)cc1)N1CCN(S(=O)(=O)c2ccc(C)cc2)C1c1ccc(N(C)C)cc1.